The van der Waals surface area contributed by atoms with Gasteiger partial charge in [-0.1, -0.05) is 37.3 Å². The standard InChI is InChI=1S/C16H23NO/c1-2-11-17-15(16-10-6-7-12-18-16)13-14-8-4-3-5-9-14/h3-5,8-10,15,17H,2,6-7,11-13H2,1H3. The lowest BCUT2D eigenvalue weighted by Gasteiger charge is -2.25. The number of benzene rings is 1. The van der Waals surface area contributed by atoms with Gasteiger partial charge in [0, 0.05) is 0 Å². The molecule has 1 aliphatic heterocycles. The van der Waals surface area contributed by atoms with Crippen molar-refractivity contribution in [1.29, 1.82) is 0 Å². The smallest absolute Gasteiger partial charge is 0.109 e. The molecule has 98 valence electrons. The van der Waals surface area contributed by atoms with Crippen molar-refractivity contribution in [2.24, 2.45) is 0 Å². The van der Waals surface area contributed by atoms with E-state index in [1.165, 1.54) is 5.56 Å². The molecule has 1 N–H and O–H groups in total. The molecule has 0 amide bonds. The van der Waals surface area contributed by atoms with Crippen molar-refractivity contribution in [1.82, 2.24) is 5.32 Å². The van der Waals surface area contributed by atoms with Gasteiger partial charge in [0.1, 0.15) is 5.76 Å². The second-order valence-electron chi connectivity index (χ2n) is 4.79. The molecule has 18 heavy (non-hydrogen) atoms. The Bertz CT molecular complexity index is 372. The third-order valence-electron chi connectivity index (χ3n) is 3.23. The zero-order valence-corrected chi connectivity index (χ0v) is 11.2. The zero-order valence-electron chi connectivity index (χ0n) is 11.2. The lowest BCUT2D eigenvalue weighted by molar-refractivity contribution is 0.167. The van der Waals surface area contributed by atoms with Crippen LogP contribution < -0.4 is 5.32 Å². The van der Waals surface area contributed by atoms with Gasteiger partial charge in [0.2, 0.25) is 0 Å². The van der Waals surface area contributed by atoms with E-state index in [0.29, 0.717) is 6.04 Å². The summed E-state index contributed by atoms with van der Waals surface area (Å²) in [7, 11) is 0. The first-order valence-electron chi connectivity index (χ1n) is 7.00. The summed E-state index contributed by atoms with van der Waals surface area (Å²) in [6, 6.07) is 11.0. The highest BCUT2D eigenvalue weighted by molar-refractivity contribution is 5.19. The van der Waals surface area contributed by atoms with Crippen LogP contribution in [0.4, 0.5) is 0 Å². The SMILES string of the molecule is CCCNC(Cc1ccccc1)C1=CCCCO1. The first-order chi connectivity index (χ1) is 8.90. The predicted octanol–water partition coefficient (Wildman–Crippen LogP) is 3.29. The first-order valence-corrected chi connectivity index (χ1v) is 7.00. The van der Waals surface area contributed by atoms with E-state index in [1.807, 2.05) is 0 Å². The van der Waals surface area contributed by atoms with Crippen LogP contribution in [0.3, 0.4) is 0 Å². The molecule has 2 rings (SSSR count). The fraction of sp³-hybridized carbons (Fsp3) is 0.500. The summed E-state index contributed by atoms with van der Waals surface area (Å²) >= 11 is 0. The van der Waals surface area contributed by atoms with Crippen molar-refractivity contribution in [3.63, 3.8) is 0 Å². The molecule has 0 aromatic heterocycles. The maximum absolute atomic E-state index is 5.81. The zero-order chi connectivity index (χ0) is 12.6. The van der Waals surface area contributed by atoms with Crippen molar-refractivity contribution in [3.8, 4) is 0 Å². The molecular formula is C16H23NO. The minimum atomic E-state index is 0.327. The second kappa shape index (κ2) is 7.22. The van der Waals surface area contributed by atoms with E-state index in [9.17, 15) is 0 Å². The predicted molar refractivity (Wildman–Crippen MR) is 75.5 cm³/mol. The largest absolute Gasteiger partial charge is 0.497 e. The van der Waals surface area contributed by atoms with Crippen LogP contribution in [0, 0.1) is 0 Å². The topological polar surface area (TPSA) is 21.3 Å². The second-order valence-corrected chi connectivity index (χ2v) is 4.79. The molecule has 0 fully saturated rings. The average Bonchev–Trinajstić information content (AvgIpc) is 2.45. The molecule has 0 spiro atoms. The summed E-state index contributed by atoms with van der Waals surface area (Å²) < 4.78 is 5.81. The summed E-state index contributed by atoms with van der Waals surface area (Å²) in [6.07, 6.45) is 6.70. The van der Waals surface area contributed by atoms with Crippen LogP contribution in [-0.4, -0.2) is 19.2 Å². The van der Waals surface area contributed by atoms with E-state index >= 15 is 0 Å². The molecule has 1 aliphatic rings. The molecule has 1 atom stereocenters. The Morgan fingerprint density at radius 1 is 1.28 bits per heavy atom. The fourth-order valence-electron chi connectivity index (χ4n) is 2.26. The van der Waals surface area contributed by atoms with E-state index in [2.05, 4.69) is 48.6 Å². The van der Waals surface area contributed by atoms with Gasteiger partial charge in [-0.3, -0.25) is 0 Å². The Balaban J connectivity index is 2.02. The summed E-state index contributed by atoms with van der Waals surface area (Å²) in [5.74, 6) is 1.14. The minimum absolute atomic E-state index is 0.327. The van der Waals surface area contributed by atoms with Crippen molar-refractivity contribution >= 4 is 0 Å². The molecule has 1 aromatic rings. The van der Waals surface area contributed by atoms with Crippen LogP contribution in [0.15, 0.2) is 42.2 Å². The molecule has 0 bridgehead atoms. The number of hydrogen-bond acceptors (Lipinski definition) is 2. The Morgan fingerprint density at radius 2 is 2.11 bits per heavy atom. The molecule has 0 saturated heterocycles. The van der Waals surface area contributed by atoms with Crippen LogP contribution in [-0.2, 0) is 11.2 Å². The Hall–Kier alpha value is -1.28. The molecule has 0 aliphatic carbocycles. The van der Waals surface area contributed by atoms with Crippen LogP contribution >= 0.6 is 0 Å². The minimum Gasteiger partial charge on any atom is -0.497 e. The average molecular weight is 245 g/mol. The molecular weight excluding hydrogens is 222 g/mol. The van der Waals surface area contributed by atoms with Crippen molar-refractivity contribution in [2.75, 3.05) is 13.2 Å². The molecule has 2 heteroatoms. The van der Waals surface area contributed by atoms with Gasteiger partial charge in [-0.05, 0) is 43.9 Å². The van der Waals surface area contributed by atoms with Gasteiger partial charge < -0.3 is 10.1 Å². The van der Waals surface area contributed by atoms with Crippen molar-refractivity contribution in [3.05, 3.63) is 47.7 Å². The van der Waals surface area contributed by atoms with Crippen LogP contribution in [0.5, 0.6) is 0 Å². The van der Waals surface area contributed by atoms with Crippen molar-refractivity contribution in [2.45, 2.75) is 38.6 Å². The third-order valence-corrected chi connectivity index (χ3v) is 3.23. The van der Waals surface area contributed by atoms with E-state index < -0.39 is 0 Å². The number of hydrogen-bond donors (Lipinski definition) is 1. The van der Waals surface area contributed by atoms with Gasteiger partial charge in [-0.15, -0.1) is 0 Å². The summed E-state index contributed by atoms with van der Waals surface area (Å²) in [5.41, 5.74) is 1.36. The highest BCUT2D eigenvalue weighted by Gasteiger charge is 2.17. The van der Waals surface area contributed by atoms with Gasteiger partial charge in [0.15, 0.2) is 0 Å². The first kappa shape index (κ1) is 13.2. The van der Waals surface area contributed by atoms with Crippen LogP contribution in [0.1, 0.15) is 31.7 Å². The monoisotopic (exact) mass is 245 g/mol. The van der Waals surface area contributed by atoms with Gasteiger partial charge >= 0.3 is 0 Å². The third kappa shape index (κ3) is 3.88. The number of allylic oxidation sites excluding steroid dienone is 1. The molecule has 0 radical (unpaired) electrons. The molecule has 0 saturated carbocycles. The molecule has 1 heterocycles. The Labute approximate surface area is 110 Å². The number of rotatable bonds is 6. The lowest BCUT2D eigenvalue weighted by atomic mass is 10.0. The van der Waals surface area contributed by atoms with Crippen LogP contribution in [0.25, 0.3) is 0 Å². The summed E-state index contributed by atoms with van der Waals surface area (Å²) in [4.78, 5) is 0. The maximum atomic E-state index is 5.81. The van der Waals surface area contributed by atoms with Gasteiger partial charge in [0.05, 0.1) is 12.6 Å². The van der Waals surface area contributed by atoms with Gasteiger partial charge in [0.25, 0.3) is 0 Å². The maximum Gasteiger partial charge on any atom is 0.109 e. The number of nitrogens with one attached hydrogen (secondary N) is 1. The normalized spacial score (nSPS) is 16.8. The van der Waals surface area contributed by atoms with E-state index in [-0.39, 0.29) is 0 Å². The van der Waals surface area contributed by atoms with Gasteiger partial charge in [-0.25, -0.2) is 0 Å². The lowest BCUT2D eigenvalue weighted by Crippen LogP contribution is -2.35. The van der Waals surface area contributed by atoms with Crippen LogP contribution in [0.2, 0.25) is 0 Å². The number of ether oxygens (including phenoxy) is 1. The molecule has 1 aromatic carbocycles. The van der Waals surface area contributed by atoms with E-state index in [4.69, 9.17) is 4.74 Å². The Morgan fingerprint density at radius 3 is 2.78 bits per heavy atom. The fourth-order valence-corrected chi connectivity index (χ4v) is 2.26. The quantitative estimate of drug-likeness (QED) is 0.830. The highest BCUT2D eigenvalue weighted by Crippen LogP contribution is 2.17. The summed E-state index contributed by atoms with van der Waals surface area (Å²) in [6.45, 7) is 4.10. The van der Waals surface area contributed by atoms with E-state index in [1.54, 1.807) is 0 Å². The Kier molecular flexibility index (Phi) is 5.28. The van der Waals surface area contributed by atoms with Gasteiger partial charge in [-0.2, -0.15) is 0 Å². The van der Waals surface area contributed by atoms with Crippen molar-refractivity contribution < 1.29 is 4.74 Å². The highest BCUT2D eigenvalue weighted by atomic mass is 16.5. The van der Waals surface area contributed by atoms with E-state index in [0.717, 1.165) is 44.6 Å². The summed E-state index contributed by atoms with van der Waals surface area (Å²) in [5, 5.41) is 3.59. The molecule has 2 nitrogen and oxygen atoms in total. The molecule has 1 unspecified atom stereocenters.